The molecule has 0 aliphatic rings. The maximum atomic E-state index is 12.7. The molecule has 2 unspecified atom stereocenters. The van der Waals surface area contributed by atoms with Crippen molar-refractivity contribution in [2.45, 2.75) is 50.8 Å². The number of thioether (sulfide) groups is 1. The predicted octanol–water partition coefficient (Wildman–Crippen LogP) is 2.31. The van der Waals surface area contributed by atoms with Gasteiger partial charge in [0.05, 0.1) is 11.5 Å². The lowest BCUT2D eigenvalue weighted by Crippen LogP contribution is -2.41. The average Bonchev–Trinajstić information content (AvgIpc) is 2.37. The number of aryl methyl sites for hydroxylation is 2. The Morgan fingerprint density at radius 1 is 1.19 bits per heavy atom. The second-order valence-electron chi connectivity index (χ2n) is 5.46. The Morgan fingerprint density at radius 2 is 1.67 bits per heavy atom. The molecule has 120 valence electrons. The molecule has 0 amide bonds. The van der Waals surface area contributed by atoms with Crippen molar-refractivity contribution in [1.29, 1.82) is 0 Å². The highest BCUT2D eigenvalue weighted by molar-refractivity contribution is 7.99. The van der Waals surface area contributed by atoms with E-state index < -0.39 is 10.0 Å². The number of benzene rings is 1. The van der Waals surface area contributed by atoms with Crippen molar-refractivity contribution in [1.82, 2.24) is 4.72 Å². The average molecular weight is 332 g/mol. The number of rotatable bonds is 6. The summed E-state index contributed by atoms with van der Waals surface area (Å²) in [5.41, 5.74) is 3.49. The maximum absolute atomic E-state index is 12.7. The number of nitrogens with one attached hydrogen (secondary N) is 1. The zero-order valence-electron chi connectivity index (χ0n) is 13.5. The Labute approximate surface area is 132 Å². The van der Waals surface area contributed by atoms with E-state index in [-0.39, 0.29) is 17.9 Å². The molecule has 2 atom stereocenters. The van der Waals surface area contributed by atoms with Crippen LogP contribution in [0.4, 0.5) is 0 Å². The lowest BCUT2D eigenvalue weighted by atomic mass is 10.0. The Hall–Kier alpha value is -0.560. The van der Waals surface area contributed by atoms with Gasteiger partial charge in [0.2, 0.25) is 10.0 Å². The van der Waals surface area contributed by atoms with E-state index in [2.05, 4.69) is 4.72 Å². The van der Waals surface area contributed by atoms with Gasteiger partial charge in [-0.1, -0.05) is 6.07 Å². The Kier molecular flexibility index (Phi) is 6.28. The zero-order valence-corrected chi connectivity index (χ0v) is 15.2. The van der Waals surface area contributed by atoms with Crippen LogP contribution in [-0.2, 0) is 10.0 Å². The standard InChI is InChI=1S/C15H25NO3S2/c1-9-7-10(2)12(4)15(11(9)3)21(18,19)16-13(5)14(8-17)20-6/h7,13-14,16-17H,8H2,1-6H3. The fraction of sp³-hybridized carbons (Fsp3) is 0.600. The second-order valence-corrected chi connectivity index (χ2v) is 8.18. The number of aliphatic hydroxyl groups is 1. The molecule has 1 rings (SSSR count). The van der Waals surface area contributed by atoms with E-state index in [1.165, 1.54) is 11.8 Å². The third-order valence-corrected chi connectivity index (χ3v) is 6.94. The summed E-state index contributed by atoms with van der Waals surface area (Å²) in [4.78, 5) is 0.365. The van der Waals surface area contributed by atoms with Gasteiger partial charge in [-0.05, 0) is 63.1 Å². The van der Waals surface area contributed by atoms with Crippen molar-refractivity contribution >= 4 is 21.8 Å². The van der Waals surface area contributed by atoms with E-state index in [1.807, 2.05) is 40.0 Å². The lowest BCUT2D eigenvalue weighted by Gasteiger charge is -2.23. The number of sulfonamides is 1. The van der Waals surface area contributed by atoms with Crippen LogP contribution in [0.3, 0.4) is 0 Å². The molecule has 2 N–H and O–H groups in total. The second kappa shape index (κ2) is 7.13. The minimum absolute atomic E-state index is 0.0599. The largest absolute Gasteiger partial charge is 0.395 e. The molecule has 0 aromatic heterocycles. The van der Waals surface area contributed by atoms with Crippen LogP contribution in [0.15, 0.2) is 11.0 Å². The molecule has 0 aliphatic heterocycles. The zero-order chi connectivity index (χ0) is 16.4. The molecule has 0 radical (unpaired) electrons. The van der Waals surface area contributed by atoms with Crippen LogP contribution in [0.1, 0.15) is 29.2 Å². The van der Waals surface area contributed by atoms with Gasteiger partial charge in [0.25, 0.3) is 0 Å². The minimum Gasteiger partial charge on any atom is -0.395 e. The first-order chi connectivity index (χ1) is 9.65. The van der Waals surface area contributed by atoms with Crippen LogP contribution >= 0.6 is 11.8 Å². The molecular formula is C15H25NO3S2. The first kappa shape index (κ1) is 18.5. The maximum Gasteiger partial charge on any atom is 0.241 e. The van der Waals surface area contributed by atoms with Crippen LogP contribution in [0.25, 0.3) is 0 Å². The van der Waals surface area contributed by atoms with E-state index in [0.717, 1.165) is 22.3 Å². The summed E-state index contributed by atoms with van der Waals surface area (Å²) in [6.07, 6.45) is 1.86. The van der Waals surface area contributed by atoms with Crippen LogP contribution < -0.4 is 4.72 Å². The van der Waals surface area contributed by atoms with Crippen LogP contribution in [0, 0.1) is 27.7 Å². The fourth-order valence-electron chi connectivity index (χ4n) is 2.40. The monoisotopic (exact) mass is 331 g/mol. The molecule has 0 saturated heterocycles. The highest BCUT2D eigenvalue weighted by Gasteiger charge is 2.26. The smallest absolute Gasteiger partial charge is 0.241 e. The first-order valence-corrected chi connectivity index (χ1v) is 9.66. The molecule has 0 spiro atoms. The SMILES string of the molecule is CSC(CO)C(C)NS(=O)(=O)c1c(C)c(C)cc(C)c1C. The van der Waals surface area contributed by atoms with Crippen molar-refractivity contribution < 1.29 is 13.5 Å². The summed E-state index contributed by atoms with van der Waals surface area (Å²) in [6.45, 7) is 9.22. The third-order valence-electron chi connectivity index (χ3n) is 3.95. The molecule has 21 heavy (non-hydrogen) atoms. The first-order valence-electron chi connectivity index (χ1n) is 6.89. The lowest BCUT2D eigenvalue weighted by molar-refractivity contribution is 0.282. The number of hydrogen-bond acceptors (Lipinski definition) is 4. The van der Waals surface area contributed by atoms with Gasteiger partial charge in [-0.25, -0.2) is 13.1 Å². The topological polar surface area (TPSA) is 66.4 Å². The van der Waals surface area contributed by atoms with E-state index in [4.69, 9.17) is 0 Å². The van der Waals surface area contributed by atoms with Crippen molar-refractivity contribution in [3.05, 3.63) is 28.3 Å². The van der Waals surface area contributed by atoms with Crippen LogP contribution in [0.5, 0.6) is 0 Å². The van der Waals surface area contributed by atoms with Gasteiger partial charge >= 0.3 is 0 Å². The van der Waals surface area contributed by atoms with E-state index in [0.29, 0.717) is 4.90 Å². The van der Waals surface area contributed by atoms with Crippen molar-refractivity contribution in [3.63, 3.8) is 0 Å². The van der Waals surface area contributed by atoms with Crippen molar-refractivity contribution in [2.24, 2.45) is 0 Å². The van der Waals surface area contributed by atoms with Gasteiger partial charge in [0.1, 0.15) is 0 Å². The minimum atomic E-state index is -3.61. The summed E-state index contributed by atoms with van der Waals surface area (Å²) in [5, 5.41) is 9.14. The highest BCUT2D eigenvalue weighted by atomic mass is 32.2. The molecule has 6 heteroatoms. The third kappa shape index (κ3) is 4.00. The van der Waals surface area contributed by atoms with Gasteiger partial charge in [-0.2, -0.15) is 11.8 Å². The number of hydrogen-bond donors (Lipinski definition) is 2. The highest BCUT2D eigenvalue weighted by Crippen LogP contribution is 2.26. The van der Waals surface area contributed by atoms with E-state index in [9.17, 15) is 13.5 Å². The Balaban J connectivity index is 3.27. The molecule has 0 fully saturated rings. The van der Waals surface area contributed by atoms with Crippen LogP contribution in [-0.4, -0.2) is 37.7 Å². The number of aliphatic hydroxyl groups excluding tert-OH is 1. The van der Waals surface area contributed by atoms with Crippen molar-refractivity contribution in [2.75, 3.05) is 12.9 Å². The van der Waals surface area contributed by atoms with E-state index in [1.54, 1.807) is 6.92 Å². The van der Waals surface area contributed by atoms with Gasteiger partial charge in [-0.15, -0.1) is 0 Å². The molecule has 4 nitrogen and oxygen atoms in total. The van der Waals surface area contributed by atoms with Crippen LogP contribution in [0.2, 0.25) is 0 Å². The summed E-state index contributed by atoms with van der Waals surface area (Å²) in [6, 6.07) is 1.67. The van der Waals surface area contributed by atoms with Crippen molar-refractivity contribution in [3.8, 4) is 0 Å². The Morgan fingerprint density at radius 3 is 2.05 bits per heavy atom. The molecule has 0 aliphatic carbocycles. The summed E-state index contributed by atoms with van der Waals surface area (Å²) < 4.78 is 28.1. The van der Waals surface area contributed by atoms with Gasteiger partial charge in [0.15, 0.2) is 0 Å². The molecule has 0 bridgehead atoms. The molecule has 1 aromatic carbocycles. The molecule has 1 aromatic rings. The molecule has 0 saturated carbocycles. The van der Waals surface area contributed by atoms with E-state index >= 15 is 0 Å². The summed E-state index contributed by atoms with van der Waals surface area (Å²) in [5.74, 6) is 0. The van der Waals surface area contributed by atoms with Gasteiger partial charge < -0.3 is 5.11 Å². The summed E-state index contributed by atoms with van der Waals surface area (Å²) in [7, 11) is -3.61. The quantitative estimate of drug-likeness (QED) is 0.839. The van der Waals surface area contributed by atoms with Gasteiger partial charge in [-0.3, -0.25) is 0 Å². The summed E-state index contributed by atoms with van der Waals surface area (Å²) >= 11 is 1.45. The molecule has 0 heterocycles. The predicted molar refractivity (Wildman–Crippen MR) is 89.6 cm³/mol. The van der Waals surface area contributed by atoms with Gasteiger partial charge in [0, 0.05) is 11.3 Å². The molecular weight excluding hydrogens is 306 g/mol. The normalized spacial score (nSPS) is 15.0. The Bertz CT molecular complexity index is 582. The fourth-order valence-corrected chi connectivity index (χ4v) is 5.01.